The number of thioether (sulfide) groups is 1. The number of pyridine rings is 1. The van der Waals surface area contributed by atoms with E-state index in [1.54, 1.807) is 30.5 Å². The van der Waals surface area contributed by atoms with Crippen molar-refractivity contribution in [3.63, 3.8) is 0 Å². The van der Waals surface area contributed by atoms with Crippen LogP contribution in [0, 0.1) is 6.92 Å². The van der Waals surface area contributed by atoms with E-state index in [1.807, 2.05) is 25.1 Å². The molecule has 0 aliphatic heterocycles. The van der Waals surface area contributed by atoms with Gasteiger partial charge in [0, 0.05) is 12.7 Å². The molecule has 7 heteroatoms. The number of amides is 1. The third-order valence-electron chi connectivity index (χ3n) is 3.71. The number of hydrogen-bond acceptors (Lipinski definition) is 5. The van der Waals surface area contributed by atoms with Crippen LogP contribution in [0.3, 0.4) is 0 Å². The molecule has 1 amide bonds. The van der Waals surface area contributed by atoms with Gasteiger partial charge in [-0.15, -0.1) is 6.58 Å². The van der Waals surface area contributed by atoms with Gasteiger partial charge in [-0.25, -0.2) is 14.5 Å². The van der Waals surface area contributed by atoms with E-state index in [0.717, 1.165) is 5.56 Å². The average Bonchev–Trinajstić information content (AvgIpc) is 2.66. The van der Waals surface area contributed by atoms with Gasteiger partial charge in [-0.1, -0.05) is 36.0 Å². The van der Waals surface area contributed by atoms with Crippen molar-refractivity contribution in [1.82, 2.24) is 19.9 Å². The molecule has 132 valence electrons. The van der Waals surface area contributed by atoms with E-state index in [2.05, 4.69) is 21.9 Å². The first-order valence-corrected chi connectivity index (χ1v) is 9.04. The predicted molar refractivity (Wildman–Crippen MR) is 104 cm³/mol. The summed E-state index contributed by atoms with van der Waals surface area (Å²) in [6.07, 6.45) is 3.25. The van der Waals surface area contributed by atoms with Crippen molar-refractivity contribution in [2.24, 2.45) is 0 Å². The van der Waals surface area contributed by atoms with Crippen LogP contribution >= 0.6 is 11.8 Å². The molecule has 0 unspecified atom stereocenters. The minimum Gasteiger partial charge on any atom is -0.352 e. The van der Waals surface area contributed by atoms with Crippen molar-refractivity contribution >= 4 is 28.6 Å². The zero-order valence-corrected chi connectivity index (χ0v) is 15.1. The lowest BCUT2D eigenvalue weighted by molar-refractivity contribution is -0.118. The number of rotatable bonds is 6. The topological polar surface area (TPSA) is 76.9 Å². The normalized spacial score (nSPS) is 10.7. The largest absolute Gasteiger partial charge is 0.352 e. The molecule has 0 saturated heterocycles. The van der Waals surface area contributed by atoms with Crippen LogP contribution in [0.1, 0.15) is 5.56 Å². The average molecular weight is 366 g/mol. The van der Waals surface area contributed by atoms with Crippen LogP contribution < -0.4 is 10.9 Å². The highest BCUT2D eigenvalue weighted by atomic mass is 32.2. The second-order valence-electron chi connectivity index (χ2n) is 5.58. The fourth-order valence-corrected chi connectivity index (χ4v) is 3.30. The van der Waals surface area contributed by atoms with Gasteiger partial charge in [0.05, 0.1) is 16.7 Å². The van der Waals surface area contributed by atoms with Crippen LogP contribution in [0.4, 0.5) is 0 Å². The van der Waals surface area contributed by atoms with E-state index in [9.17, 15) is 9.59 Å². The standard InChI is InChI=1S/C19H18N4O2S/c1-3-10-20-16(24)12-26-19-22-15-9-5-4-8-14(15)18(25)23(19)17-13(2)7-6-11-21-17/h3-9,11H,1,10,12H2,2H3,(H,20,24). The van der Waals surface area contributed by atoms with Crippen LogP contribution in [0.25, 0.3) is 16.7 Å². The molecule has 6 nitrogen and oxygen atoms in total. The third-order valence-corrected chi connectivity index (χ3v) is 4.65. The van der Waals surface area contributed by atoms with Crippen molar-refractivity contribution < 1.29 is 4.79 Å². The lowest BCUT2D eigenvalue weighted by atomic mass is 10.2. The second-order valence-corrected chi connectivity index (χ2v) is 6.52. The van der Waals surface area contributed by atoms with Gasteiger partial charge in [0.15, 0.2) is 5.16 Å². The molecule has 0 bridgehead atoms. The molecule has 0 spiro atoms. The quantitative estimate of drug-likeness (QED) is 0.412. The molecule has 3 rings (SSSR count). The van der Waals surface area contributed by atoms with Crippen LogP contribution in [0.2, 0.25) is 0 Å². The Hall–Kier alpha value is -2.93. The van der Waals surface area contributed by atoms with Gasteiger partial charge in [-0.2, -0.15) is 0 Å². The first-order valence-electron chi connectivity index (χ1n) is 8.06. The van der Waals surface area contributed by atoms with Gasteiger partial charge in [0.25, 0.3) is 5.56 Å². The molecule has 26 heavy (non-hydrogen) atoms. The summed E-state index contributed by atoms with van der Waals surface area (Å²) >= 11 is 1.20. The Morgan fingerprint density at radius 1 is 1.31 bits per heavy atom. The monoisotopic (exact) mass is 366 g/mol. The Kier molecular flexibility index (Phi) is 5.48. The fraction of sp³-hybridized carbons (Fsp3) is 0.158. The van der Waals surface area contributed by atoms with Crippen molar-refractivity contribution in [3.05, 3.63) is 71.2 Å². The van der Waals surface area contributed by atoms with Crippen LogP contribution in [-0.2, 0) is 4.79 Å². The molecule has 2 aromatic heterocycles. The van der Waals surface area contributed by atoms with E-state index >= 15 is 0 Å². The first kappa shape index (κ1) is 17.9. The summed E-state index contributed by atoms with van der Waals surface area (Å²) in [5.41, 5.74) is 1.24. The molecule has 0 saturated carbocycles. The van der Waals surface area contributed by atoms with Crippen molar-refractivity contribution in [2.45, 2.75) is 12.1 Å². The van der Waals surface area contributed by atoms with Gasteiger partial charge in [-0.3, -0.25) is 9.59 Å². The van der Waals surface area contributed by atoms with Crippen molar-refractivity contribution in [3.8, 4) is 5.82 Å². The molecule has 0 atom stereocenters. The van der Waals surface area contributed by atoms with E-state index in [1.165, 1.54) is 16.3 Å². The number of fused-ring (bicyclic) bond motifs is 1. The Bertz CT molecular complexity index is 1030. The third kappa shape index (κ3) is 3.67. The Labute approximate surface area is 155 Å². The SMILES string of the molecule is C=CCNC(=O)CSc1nc2ccccc2c(=O)n1-c1ncccc1C. The van der Waals surface area contributed by atoms with Gasteiger partial charge < -0.3 is 5.32 Å². The smallest absolute Gasteiger partial charge is 0.267 e. The molecule has 0 radical (unpaired) electrons. The highest BCUT2D eigenvalue weighted by molar-refractivity contribution is 7.99. The van der Waals surface area contributed by atoms with Crippen molar-refractivity contribution in [1.29, 1.82) is 0 Å². The van der Waals surface area contributed by atoms with Crippen LogP contribution in [-0.4, -0.2) is 32.7 Å². The number of carbonyl (C=O) groups is 1. The Morgan fingerprint density at radius 3 is 2.88 bits per heavy atom. The lowest BCUT2D eigenvalue weighted by Gasteiger charge is -2.13. The molecule has 2 heterocycles. The van der Waals surface area contributed by atoms with Crippen LogP contribution in [0.15, 0.2) is 65.2 Å². The Morgan fingerprint density at radius 2 is 2.12 bits per heavy atom. The van der Waals surface area contributed by atoms with Gasteiger partial charge >= 0.3 is 0 Å². The lowest BCUT2D eigenvalue weighted by Crippen LogP contribution is -2.27. The summed E-state index contributed by atoms with van der Waals surface area (Å²) in [5, 5.41) is 3.66. The van der Waals surface area contributed by atoms with Crippen LogP contribution in [0.5, 0.6) is 0 Å². The molecule has 0 aliphatic rings. The van der Waals surface area contributed by atoms with E-state index in [0.29, 0.717) is 28.4 Å². The van der Waals surface area contributed by atoms with E-state index in [4.69, 9.17) is 0 Å². The summed E-state index contributed by atoms with van der Waals surface area (Å²) in [6.45, 7) is 5.86. The summed E-state index contributed by atoms with van der Waals surface area (Å²) < 4.78 is 1.48. The molecule has 0 fully saturated rings. The molecule has 1 aromatic carbocycles. The van der Waals surface area contributed by atoms with Gasteiger partial charge in [-0.05, 0) is 30.7 Å². The molecule has 1 N–H and O–H groups in total. The second kappa shape index (κ2) is 7.97. The summed E-state index contributed by atoms with van der Waals surface area (Å²) in [4.78, 5) is 33.9. The Balaban J connectivity index is 2.10. The minimum atomic E-state index is -0.202. The maximum absolute atomic E-state index is 13.1. The molecule has 3 aromatic rings. The van der Waals surface area contributed by atoms with Gasteiger partial charge in [0.1, 0.15) is 5.82 Å². The van der Waals surface area contributed by atoms with E-state index < -0.39 is 0 Å². The number of hydrogen-bond donors (Lipinski definition) is 1. The number of aryl methyl sites for hydroxylation is 1. The first-order chi connectivity index (χ1) is 12.6. The fourth-order valence-electron chi connectivity index (χ4n) is 2.47. The highest BCUT2D eigenvalue weighted by Crippen LogP contribution is 2.21. The van der Waals surface area contributed by atoms with Crippen molar-refractivity contribution in [2.75, 3.05) is 12.3 Å². The number of aromatic nitrogens is 3. The number of para-hydroxylation sites is 1. The maximum atomic E-state index is 13.1. The maximum Gasteiger partial charge on any atom is 0.267 e. The predicted octanol–water partition coefficient (Wildman–Crippen LogP) is 2.48. The van der Waals surface area contributed by atoms with Gasteiger partial charge in [0.2, 0.25) is 5.91 Å². The number of benzene rings is 1. The number of nitrogens with one attached hydrogen (secondary N) is 1. The number of carbonyl (C=O) groups excluding carboxylic acids is 1. The highest BCUT2D eigenvalue weighted by Gasteiger charge is 2.16. The summed E-state index contributed by atoms with van der Waals surface area (Å²) in [7, 11) is 0. The number of nitrogens with zero attached hydrogens (tertiary/aromatic N) is 3. The molecule has 0 aliphatic carbocycles. The summed E-state index contributed by atoms with van der Waals surface area (Å²) in [5.74, 6) is 0.510. The zero-order chi connectivity index (χ0) is 18.5. The minimum absolute atomic E-state index is 0.143. The zero-order valence-electron chi connectivity index (χ0n) is 14.3. The molecular weight excluding hydrogens is 348 g/mol. The van der Waals surface area contributed by atoms with E-state index in [-0.39, 0.29) is 17.2 Å². The molecular formula is C19H18N4O2S. The summed E-state index contributed by atoms with van der Waals surface area (Å²) in [6, 6.07) is 10.9.